The zero-order valence-corrected chi connectivity index (χ0v) is 12.1. The molecule has 21 heavy (non-hydrogen) atoms. The van der Waals surface area contributed by atoms with Gasteiger partial charge in [-0.2, -0.15) is 13.9 Å². The monoisotopic (exact) mass is 295 g/mol. The molecule has 0 saturated carbocycles. The Labute approximate surface area is 122 Å². The number of ether oxygens (including phenoxy) is 1. The summed E-state index contributed by atoms with van der Waals surface area (Å²) >= 11 is 0. The van der Waals surface area contributed by atoms with Crippen molar-refractivity contribution in [3.8, 4) is 17.0 Å². The molecular formula is C15H19F2N3O. The van der Waals surface area contributed by atoms with Gasteiger partial charge in [0, 0.05) is 11.8 Å². The summed E-state index contributed by atoms with van der Waals surface area (Å²) in [5.41, 5.74) is 7.77. The van der Waals surface area contributed by atoms with Crippen LogP contribution in [0.4, 0.5) is 14.5 Å². The summed E-state index contributed by atoms with van der Waals surface area (Å²) in [6, 6.07) is 6.68. The Morgan fingerprint density at radius 3 is 2.62 bits per heavy atom. The number of nitrogen functional groups attached to an aromatic ring is 1. The van der Waals surface area contributed by atoms with Crippen molar-refractivity contribution in [2.45, 2.75) is 39.3 Å². The average molecular weight is 295 g/mol. The zero-order chi connectivity index (χ0) is 15.4. The third kappa shape index (κ3) is 3.51. The molecule has 0 saturated heterocycles. The van der Waals surface area contributed by atoms with Gasteiger partial charge in [0.25, 0.3) is 0 Å². The number of hydrogen-bond donors (Lipinski definition) is 1. The molecule has 0 aliphatic heterocycles. The number of nitrogens with two attached hydrogens (primary N) is 1. The molecule has 1 aromatic heterocycles. The van der Waals surface area contributed by atoms with Crippen molar-refractivity contribution < 1.29 is 13.5 Å². The predicted molar refractivity (Wildman–Crippen MR) is 78.3 cm³/mol. The summed E-state index contributed by atoms with van der Waals surface area (Å²) in [5, 5.41) is 4.49. The number of alkyl halides is 2. The van der Waals surface area contributed by atoms with Gasteiger partial charge in [-0.15, -0.1) is 0 Å². The second kappa shape index (κ2) is 6.56. The van der Waals surface area contributed by atoms with Crippen LogP contribution in [0.5, 0.6) is 5.75 Å². The van der Waals surface area contributed by atoms with Crippen LogP contribution in [0.3, 0.4) is 0 Å². The largest absolute Gasteiger partial charge is 0.435 e. The van der Waals surface area contributed by atoms with E-state index in [2.05, 4.69) is 23.7 Å². The fourth-order valence-electron chi connectivity index (χ4n) is 2.30. The number of nitrogens with zero attached hydrogens (tertiary/aromatic N) is 2. The molecule has 0 fully saturated rings. The van der Waals surface area contributed by atoms with Gasteiger partial charge < -0.3 is 10.5 Å². The maximum Gasteiger partial charge on any atom is 0.387 e. The first-order chi connectivity index (χ1) is 10.0. The molecule has 1 heterocycles. The molecule has 0 bridgehead atoms. The van der Waals surface area contributed by atoms with E-state index in [1.165, 1.54) is 12.1 Å². The van der Waals surface area contributed by atoms with E-state index < -0.39 is 6.61 Å². The number of aromatic nitrogens is 2. The molecule has 0 aliphatic carbocycles. The van der Waals surface area contributed by atoms with Gasteiger partial charge in [-0.3, -0.25) is 4.68 Å². The van der Waals surface area contributed by atoms with Crippen LogP contribution in [-0.2, 0) is 0 Å². The van der Waals surface area contributed by atoms with E-state index in [9.17, 15) is 8.78 Å². The first kappa shape index (κ1) is 15.3. The molecule has 4 nitrogen and oxygen atoms in total. The molecule has 114 valence electrons. The highest BCUT2D eigenvalue weighted by Gasteiger charge is 2.14. The Morgan fingerprint density at radius 2 is 2.00 bits per heavy atom. The summed E-state index contributed by atoms with van der Waals surface area (Å²) in [4.78, 5) is 0. The van der Waals surface area contributed by atoms with E-state index in [1.807, 2.05) is 4.68 Å². The summed E-state index contributed by atoms with van der Waals surface area (Å²) in [6.07, 6.45) is 3.69. The minimum atomic E-state index is -2.85. The van der Waals surface area contributed by atoms with Gasteiger partial charge in [0.2, 0.25) is 0 Å². The smallest absolute Gasteiger partial charge is 0.387 e. The number of anilines is 1. The van der Waals surface area contributed by atoms with Crippen molar-refractivity contribution in [1.29, 1.82) is 0 Å². The summed E-state index contributed by atoms with van der Waals surface area (Å²) < 4.78 is 30.8. The Morgan fingerprint density at radius 1 is 1.29 bits per heavy atom. The maximum atomic E-state index is 12.3. The van der Waals surface area contributed by atoms with Gasteiger partial charge in [0.05, 0.1) is 11.7 Å². The van der Waals surface area contributed by atoms with Crippen molar-refractivity contribution in [3.63, 3.8) is 0 Å². The van der Waals surface area contributed by atoms with E-state index in [1.54, 1.807) is 18.3 Å². The molecule has 0 aliphatic rings. The summed E-state index contributed by atoms with van der Waals surface area (Å²) in [7, 11) is 0. The Balaban J connectivity index is 2.33. The molecule has 0 radical (unpaired) electrons. The molecule has 0 amide bonds. The molecule has 1 aromatic carbocycles. The van der Waals surface area contributed by atoms with Crippen LogP contribution in [0.1, 0.15) is 32.7 Å². The number of halogens is 2. The van der Waals surface area contributed by atoms with Gasteiger partial charge in [0.1, 0.15) is 11.4 Å². The minimum absolute atomic E-state index is 0.0963. The lowest BCUT2D eigenvalue weighted by atomic mass is 10.1. The highest BCUT2D eigenvalue weighted by atomic mass is 19.3. The van der Waals surface area contributed by atoms with Crippen molar-refractivity contribution in [2.75, 3.05) is 5.73 Å². The van der Waals surface area contributed by atoms with Gasteiger partial charge >= 0.3 is 6.61 Å². The molecule has 0 atom stereocenters. The summed E-state index contributed by atoms with van der Waals surface area (Å²) in [6.45, 7) is 1.32. The minimum Gasteiger partial charge on any atom is -0.435 e. The first-order valence-corrected chi connectivity index (χ1v) is 6.95. The average Bonchev–Trinajstić information content (AvgIpc) is 2.82. The van der Waals surface area contributed by atoms with Crippen LogP contribution in [-0.4, -0.2) is 16.4 Å². The second-order valence-corrected chi connectivity index (χ2v) is 4.79. The Kier molecular flexibility index (Phi) is 4.77. The number of hydrogen-bond acceptors (Lipinski definition) is 3. The van der Waals surface area contributed by atoms with Crippen LogP contribution >= 0.6 is 0 Å². The van der Waals surface area contributed by atoms with Gasteiger partial charge in [-0.1, -0.05) is 26.0 Å². The SMILES string of the molecule is CCC(CC)n1cc(N)c(-c2cccc(OC(F)F)c2)n1. The van der Waals surface area contributed by atoms with E-state index in [0.29, 0.717) is 16.9 Å². The molecule has 2 N–H and O–H groups in total. The van der Waals surface area contributed by atoms with Gasteiger partial charge in [-0.25, -0.2) is 0 Å². The fourth-order valence-corrected chi connectivity index (χ4v) is 2.30. The van der Waals surface area contributed by atoms with Crippen molar-refractivity contribution >= 4 is 5.69 Å². The highest BCUT2D eigenvalue weighted by Crippen LogP contribution is 2.29. The van der Waals surface area contributed by atoms with E-state index in [-0.39, 0.29) is 11.8 Å². The highest BCUT2D eigenvalue weighted by molar-refractivity contribution is 5.72. The quantitative estimate of drug-likeness (QED) is 0.873. The van der Waals surface area contributed by atoms with Crippen LogP contribution in [0.25, 0.3) is 11.3 Å². The third-order valence-electron chi connectivity index (χ3n) is 3.41. The van der Waals surface area contributed by atoms with E-state index >= 15 is 0 Å². The third-order valence-corrected chi connectivity index (χ3v) is 3.41. The number of rotatable bonds is 6. The molecular weight excluding hydrogens is 276 g/mol. The lowest BCUT2D eigenvalue weighted by molar-refractivity contribution is -0.0498. The lowest BCUT2D eigenvalue weighted by Crippen LogP contribution is -2.07. The number of benzene rings is 1. The van der Waals surface area contributed by atoms with E-state index in [4.69, 9.17) is 5.73 Å². The van der Waals surface area contributed by atoms with Crippen molar-refractivity contribution in [2.24, 2.45) is 0 Å². The van der Waals surface area contributed by atoms with Crippen LogP contribution in [0, 0.1) is 0 Å². The van der Waals surface area contributed by atoms with Crippen LogP contribution in [0.2, 0.25) is 0 Å². The maximum absolute atomic E-state index is 12.3. The normalized spacial score (nSPS) is 11.3. The summed E-state index contributed by atoms with van der Waals surface area (Å²) in [5.74, 6) is 0.0963. The van der Waals surface area contributed by atoms with Crippen LogP contribution in [0.15, 0.2) is 30.5 Å². The lowest BCUT2D eigenvalue weighted by Gasteiger charge is -2.12. The second-order valence-electron chi connectivity index (χ2n) is 4.79. The molecule has 0 unspecified atom stereocenters. The van der Waals surface area contributed by atoms with Crippen LogP contribution < -0.4 is 10.5 Å². The molecule has 0 spiro atoms. The first-order valence-electron chi connectivity index (χ1n) is 6.95. The van der Waals surface area contributed by atoms with Crippen molar-refractivity contribution in [3.05, 3.63) is 30.5 Å². The Bertz CT molecular complexity index is 594. The molecule has 2 aromatic rings. The van der Waals surface area contributed by atoms with Gasteiger partial charge in [-0.05, 0) is 25.0 Å². The predicted octanol–water partition coefficient (Wildman–Crippen LogP) is 4.09. The topological polar surface area (TPSA) is 53.1 Å². The standard InChI is InChI=1S/C15H19F2N3O/c1-3-11(4-2)20-9-13(18)14(19-20)10-6-5-7-12(8-10)21-15(16)17/h5-9,11,15H,3-4,18H2,1-2H3. The van der Waals surface area contributed by atoms with Gasteiger partial charge in [0.15, 0.2) is 0 Å². The van der Waals surface area contributed by atoms with Crippen molar-refractivity contribution in [1.82, 2.24) is 9.78 Å². The molecule has 2 rings (SSSR count). The van der Waals surface area contributed by atoms with E-state index in [0.717, 1.165) is 12.8 Å². The Hall–Kier alpha value is -2.11. The zero-order valence-electron chi connectivity index (χ0n) is 12.1. The fraction of sp³-hybridized carbons (Fsp3) is 0.400. The molecule has 6 heteroatoms.